The average molecular weight is 1400 g/mol. The Morgan fingerprint density at radius 2 is 0.889 bits per heavy atom. The summed E-state index contributed by atoms with van der Waals surface area (Å²) in [6.45, 7) is 31.3. The zero-order valence-electron chi connectivity index (χ0n) is 64.6. The Bertz CT molecular complexity index is 2770. The number of aliphatic hydroxyl groups is 1. The van der Waals surface area contributed by atoms with Gasteiger partial charge >= 0.3 is 11.9 Å². The Hall–Kier alpha value is -7.23. The molecule has 1 fully saturated rings. The van der Waals surface area contributed by atoms with E-state index in [1.165, 1.54) is 98.8 Å². The summed E-state index contributed by atoms with van der Waals surface area (Å²) in [7, 11) is 10.7. The fourth-order valence-electron chi connectivity index (χ4n) is 12.1. The van der Waals surface area contributed by atoms with Crippen molar-refractivity contribution in [1.29, 1.82) is 0 Å². The van der Waals surface area contributed by atoms with Crippen molar-refractivity contribution in [2.75, 3.05) is 69.7 Å². The number of ether oxygens (including phenoxy) is 3. The van der Waals surface area contributed by atoms with E-state index in [4.69, 9.17) is 14.2 Å². The molecule has 13 atom stereocenters. The largest absolute Gasteiger partial charge is 0.465 e. The van der Waals surface area contributed by atoms with Crippen LogP contribution < -0.4 is 21.3 Å². The van der Waals surface area contributed by atoms with E-state index in [1.54, 1.807) is 74.5 Å². The molecule has 0 saturated carbocycles. The molecule has 1 aliphatic heterocycles. The van der Waals surface area contributed by atoms with Gasteiger partial charge in [-0.25, -0.2) is 0 Å². The van der Waals surface area contributed by atoms with Gasteiger partial charge in [0.25, 0.3) is 0 Å². The van der Waals surface area contributed by atoms with Crippen LogP contribution in [0.3, 0.4) is 0 Å². The summed E-state index contributed by atoms with van der Waals surface area (Å²) >= 11 is 0. The molecule has 1 heterocycles. The number of carbonyl (C=O) groups is 13. The smallest absolute Gasteiger partial charge is 0.320 e. The lowest BCUT2D eigenvalue weighted by Gasteiger charge is -2.42. The number of esters is 2. The molecule has 0 aliphatic carbocycles. The topological polar surface area (TPSA) is 341 Å². The van der Waals surface area contributed by atoms with E-state index in [0.29, 0.717) is 0 Å². The van der Waals surface area contributed by atoms with Crippen molar-refractivity contribution in [2.24, 2.45) is 41.4 Å². The summed E-state index contributed by atoms with van der Waals surface area (Å²) in [5.74, 6) is -15.7. The van der Waals surface area contributed by atoms with Gasteiger partial charge in [-0.3, -0.25) is 62.3 Å². The highest BCUT2D eigenvalue weighted by molar-refractivity contribution is 6.01. The van der Waals surface area contributed by atoms with Crippen LogP contribution in [0.1, 0.15) is 176 Å². The van der Waals surface area contributed by atoms with Crippen LogP contribution in [0.15, 0.2) is 12.2 Å². The first-order valence-corrected chi connectivity index (χ1v) is 35.0. The van der Waals surface area contributed by atoms with Crippen molar-refractivity contribution in [3.05, 3.63) is 12.2 Å². The molecule has 0 radical (unpaired) electrons. The van der Waals surface area contributed by atoms with E-state index in [2.05, 4.69) is 21.3 Å². The molecule has 0 bridgehead atoms. The number of nitrogens with zero attached hydrogens (tertiary/aromatic N) is 7. The van der Waals surface area contributed by atoms with Crippen molar-refractivity contribution in [3.8, 4) is 0 Å². The second-order valence-corrected chi connectivity index (χ2v) is 29.1. The lowest BCUT2D eigenvalue weighted by atomic mass is 9.91. The van der Waals surface area contributed by atoms with Crippen molar-refractivity contribution in [2.45, 2.75) is 255 Å². The molecule has 0 aromatic rings. The van der Waals surface area contributed by atoms with Crippen LogP contribution in [0.5, 0.6) is 0 Å². The van der Waals surface area contributed by atoms with Crippen LogP contribution in [0.25, 0.3) is 0 Å². The van der Waals surface area contributed by atoms with Crippen LogP contribution >= 0.6 is 0 Å². The van der Waals surface area contributed by atoms with Gasteiger partial charge in [-0.05, 0) is 116 Å². The highest BCUT2D eigenvalue weighted by Crippen LogP contribution is 2.28. The normalized spacial score (nSPS) is 25.6. The highest BCUT2D eigenvalue weighted by atomic mass is 16.6. The number of likely N-dealkylation sites (N-methyl/N-ethyl adjacent to an activating group) is 7. The molecule has 0 aromatic heterocycles. The maximum absolute atomic E-state index is 15.7. The van der Waals surface area contributed by atoms with Crippen molar-refractivity contribution in [1.82, 2.24) is 55.6 Å². The lowest BCUT2D eigenvalue weighted by Crippen LogP contribution is -2.64. The summed E-state index contributed by atoms with van der Waals surface area (Å²) in [5.41, 5.74) is -1.20. The molecule has 5 N–H and O–H groups in total. The minimum absolute atomic E-state index is 0.0727. The number of hydrogen-bond acceptors (Lipinski definition) is 17. The Morgan fingerprint density at radius 3 is 1.32 bits per heavy atom. The maximum atomic E-state index is 15.7. The highest BCUT2D eigenvalue weighted by Gasteiger charge is 2.48. The first-order chi connectivity index (χ1) is 45.8. The molecule has 1 aliphatic rings. The van der Waals surface area contributed by atoms with Crippen molar-refractivity contribution >= 4 is 76.9 Å². The molecule has 11 amide bonds. The van der Waals surface area contributed by atoms with Gasteiger partial charge in [0.15, 0.2) is 5.92 Å². The van der Waals surface area contributed by atoms with Gasteiger partial charge in [-0.1, -0.05) is 95.2 Å². The molecule has 0 spiro atoms. The quantitative estimate of drug-likeness (QED) is 0.0588. The van der Waals surface area contributed by atoms with Gasteiger partial charge in [-0.2, -0.15) is 0 Å². The lowest BCUT2D eigenvalue weighted by molar-refractivity contribution is -0.164. The van der Waals surface area contributed by atoms with Crippen LogP contribution in [0.4, 0.5) is 0 Å². The SMILES string of the molecule is C/C=C/C[C@@H](C)[C@@H](O)[C@H]1C(=O)N[C@@H](CC)C(=O)N(C)C(CC(C(=O)OCC)C(=O)OCC)C(=O)N(C)[C@@H](CC(C)(C)OC)C(=O)N[C@@H](C(C)C)C(=O)N(C)[C@@H](CC(C)C)C(=O)N[C@@H](C)C(=O)N[C@H](C)C(=O)N(C)[C@@H](CC(C)C)C(=O)N(C)[C@@H](CC(C)C)C(=O)N(C)[C@@H](C(C)C)C(=O)N1C. The summed E-state index contributed by atoms with van der Waals surface area (Å²) in [6, 6.07) is -15.7. The van der Waals surface area contributed by atoms with Crippen molar-refractivity contribution in [3.63, 3.8) is 0 Å². The number of allylic oxidation sites excluding steroid dienone is 2. The number of amides is 11. The molecule has 0 aromatic carbocycles. The Balaban J connectivity index is 4.78. The molecular weight excluding hydrogens is 1280 g/mol. The third-order valence-corrected chi connectivity index (χ3v) is 18.5. The number of nitrogens with one attached hydrogen (secondary N) is 4. The summed E-state index contributed by atoms with van der Waals surface area (Å²) in [4.78, 5) is 201. The van der Waals surface area contributed by atoms with E-state index in [0.717, 1.165) is 19.6 Å². The van der Waals surface area contributed by atoms with Gasteiger partial charge in [0, 0.05) is 69.3 Å². The minimum atomic E-state index is -1.84. The van der Waals surface area contributed by atoms with E-state index < -0.39 is 185 Å². The second kappa shape index (κ2) is 40.9. The number of aliphatic hydroxyl groups excluding tert-OH is 1. The molecule has 1 rings (SSSR count). The predicted molar refractivity (Wildman–Crippen MR) is 375 cm³/mol. The fourth-order valence-corrected chi connectivity index (χ4v) is 12.1. The average Bonchev–Trinajstić information content (AvgIpc) is 0.808. The first kappa shape index (κ1) is 89.8. The van der Waals surface area contributed by atoms with Gasteiger partial charge in [-0.15, -0.1) is 0 Å². The summed E-state index contributed by atoms with van der Waals surface area (Å²) < 4.78 is 16.4. The Labute approximate surface area is 589 Å². The number of carbonyl (C=O) groups excluding carboxylic acids is 13. The third kappa shape index (κ3) is 25.1. The van der Waals surface area contributed by atoms with Gasteiger partial charge in [0.2, 0.25) is 65.0 Å². The van der Waals surface area contributed by atoms with E-state index in [9.17, 15) is 33.9 Å². The van der Waals surface area contributed by atoms with E-state index >= 15 is 33.6 Å². The van der Waals surface area contributed by atoms with Gasteiger partial charge < -0.3 is 74.9 Å². The van der Waals surface area contributed by atoms with Gasteiger partial charge in [0.1, 0.15) is 66.5 Å². The summed E-state index contributed by atoms with van der Waals surface area (Å²) in [5, 5.41) is 23.2. The second-order valence-electron chi connectivity index (χ2n) is 29.1. The molecular formula is C71H125N11O17. The van der Waals surface area contributed by atoms with Crippen LogP contribution in [-0.4, -0.2) is 264 Å². The molecule has 1 unspecified atom stereocenters. The van der Waals surface area contributed by atoms with Crippen molar-refractivity contribution < 1.29 is 81.6 Å². The van der Waals surface area contributed by atoms with E-state index in [-0.39, 0.29) is 69.5 Å². The molecule has 566 valence electrons. The molecule has 28 nitrogen and oxygen atoms in total. The molecule has 99 heavy (non-hydrogen) atoms. The standard InChI is InChI=1S/C71H125N11O17/c1-28-32-33-44(15)57(83)56-61(87)74-48(29-2)63(89)78(22)52(37-47(69(95)98-30-3)70(96)99-31-4)65(91)80(24)53(38-71(18,19)97-27)60(86)75-54(42(11)12)67(93)76(20)49(34-39(5)6)59(85)72-45(16)58(84)73-46(17)62(88)77(21)50(35-40(7)8)64(90)79(23)51(36-41(9)10)66(92)81(25)55(43(13)14)68(94)82(56)26/h28,32,39-57,83H,29-31,33-38H2,1-27H3,(H,72,85)(H,73,84)(H,74,87)(H,75,86)/b32-28+/t44-,45+,46-,48+,49+,50+,51+,52?,53+,54+,55+,56+,57-/m1/s1. The zero-order valence-corrected chi connectivity index (χ0v) is 64.6. The van der Waals surface area contributed by atoms with Crippen LogP contribution in [0, 0.1) is 41.4 Å². The number of methoxy groups -OCH3 is 1. The first-order valence-electron chi connectivity index (χ1n) is 35.0. The zero-order chi connectivity index (χ0) is 76.7. The number of rotatable bonds is 22. The Kier molecular flexibility index (Phi) is 37.1. The van der Waals surface area contributed by atoms with Crippen LogP contribution in [0.2, 0.25) is 0 Å². The van der Waals surface area contributed by atoms with Crippen LogP contribution in [-0.2, 0) is 76.5 Å². The van der Waals surface area contributed by atoms with Gasteiger partial charge in [0.05, 0.1) is 24.9 Å². The number of hydrogen-bond donors (Lipinski definition) is 5. The summed E-state index contributed by atoms with van der Waals surface area (Å²) in [6.07, 6.45) is 1.13. The fraction of sp³-hybridized carbons (Fsp3) is 0.789. The molecule has 1 saturated heterocycles. The third-order valence-electron chi connectivity index (χ3n) is 18.5. The minimum Gasteiger partial charge on any atom is -0.465 e. The van der Waals surface area contributed by atoms with E-state index in [1.807, 2.05) is 41.5 Å². The molecule has 28 heteroatoms. The predicted octanol–water partition coefficient (Wildman–Crippen LogP) is 3.54. The maximum Gasteiger partial charge on any atom is 0.320 e. The monoisotopic (exact) mass is 1400 g/mol. The Morgan fingerprint density at radius 1 is 0.485 bits per heavy atom.